The first-order valence-corrected chi connectivity index (χ1v) is 6.80. The molecule has 3 nitrogen and oxygen atoms in total. The summed E-state index contributed by atoms with van der Waals surface area (Å²) in [6.45, 7) is 4.19. The van der Waals surface area contributed by atoms with Crippen LogP contribution in [0.1, 0.15) is 17.5 Å². The highest BCUT2D eigenvalue weighted by atomic mass is 19.1. The van der Waals surface area contributed by atoms with Gasteiger partial charge in [-0.1, -0.05) is 24.3 Å². The Balaban J connectivity index is 1.85. The zero-order valence-electron chi connectivity index (χ0n) is 12.2. The van der Waals surface area contributed by atoms with Gasteiger partial charge >= 0.3 is 0 Å². The van der Waals surface area contributed by atoms with Crippen LogP contribution in [0.15, 0.2) is 42.5 Å². The number of para-hydroxylation sites is 1. The third-order valence-corrected chi connectivity index (χ3v) is 3.08. The fourth-order valence-electron chi connectivity index (χ4n) is 1.89. The van der Waals surface area contributed by atoms with Gasteiger partial charge in [-0.25, -0.2) is 4.39 Å². The van der Waals surface area contributed by atoms with Gasteiger partial charge in [0.15, 0.2) is 0 Å². The lowest BCUT2D eigenvalue weighted by molar-refractivity contribution is -0.116. The summed E-state index contributed by atoms with van der Waals surface area (Å²) in [6, 6.07) is 12.0. The molecule has 21 heavy (non-hydrogen) atoms. The van der Waals surface area contributed by atoms with Crippen LogP contribution in [0, 0.1) is 19.7 Å². The molecule has 2 aromatic rings. The van der Waals surface area contributed by atoms with Gasteiger partial charge in [-0.3, -0.25) is 4.79 Å². The standard InChI is InChI=1S/C17H18FNO2/c1-12-7-8-13(2)16(11-12)21-10-9-17(20)19-15-6-4-3-5-14(15)18/h3-8,11H,9-10H2,1-2H3,(H,19,20). The van der Waals surface area contributed by atoms with E-state index in [-0.39, 0.29) is 24.6 Å². The number of carbonyl (C=O) groups is 1. The van der Waals surface area contributed by atoms with E-state index in [0.29, 0.717) is 0 Å². The van der Waals surface area contributed by atoms with Crippen molar-refractivity contribution in [3.63, 3.8) is 0 Å². The predicted molar refractivity (Wildman–Crippen MR) is 81.1 cm³/mol. The van der Waals surface area contributed by atoms with Crippen LogP contribution >= 0.6 is 0 Å². The van der Waals surface area contributed by atoms with Gasteiger partial charge in [0.2, 0.25) is 5.91 Å². The van der Waals surface area contributed by atoms with E-state index in [1.54, 1.807) is 12.1 Å². The lowest BCUT2D eigenvalue weighted by Crippen LogP contribution is -2.16. The highest BCUT2D eigenvalue weighted by molar-refractivity contribution is 5.90. The fraction of sp³-hybridized carbons (Fsp3) is 0.235. The molecule has 0 bridgehead atoms. The maximum absolute atomic E-state index is 13.4. The van der Waals surface area contributed by atoms with E-state index in [0.717, 1.165) is 16.9 Å². The molecule has 0 fully saturated rings. The number of carbonyl (C=O) groups excluding carboxylic acids is 1. The molecule has 0 unspecified atom stereocenters. The van der Waals surface area contributed by atoms with Crippen LogP contribution in [0.2, 0.25) is 0 Å². The maximum atomic E-state index is 13.4. The van der Waals surface area contributed by atoms with Crippen LogP contribution in [0.3, 0.4) is 0 Å². The quantitative estimate of drug-likeness (QED) is 0.907. The highest BCUT2D eigenvalue weighted by Gasteiger charge is 2.07. The molecule has 0 radical (unpaired) electrons. The number of anilines is 1. The second-order valence-corrected chi connectivity index (χ2v) is 4.90. The van der Waals surface area contributed by atoms with E-state index < -0.39 is 5.82 Å². The summed E-state index contributed by atoms with van der Waals surface area (Å²) in [4.78, 5) is 11.7. The highest BCUT2D eigenvalue weighted by Crippen LogP contribution is 2.19. The number of nitrogens with one attached hydrogen (secondary N) is 1. The molecule has 0 saturated heterocycles. The number of aryl methyl sites for hydroxylation is 2. The van der Waals surface area contributed by atoms with Crippen molar-refractivity contribution >= 4 is 11.6 Å². The third-order valence-electron chi connectivity index (χ3n) is 3.08. The molecule has 0 aliphatic heterocycles. The second kappa shape index (κ2) is 6.88. The van der Waals surface area contributed by atoms with E-state index in [1.165, 1.54) is 12.1 Å². The van der Waals surface area contributed by atoms with Crippen molar-refractivity contribution in [3.8, 4) is 5.75 Å². The molecule has 0 heterocycles. The van der Waals surface area contributed by atoms with Crippen molar-refractivity contribution in [2.75, 3.05) is 11.9 Å². The average molecular weight is 287 g/mol. The molecule has 0 aliphatic carbocycles. The van der Waals surface area contributed by atoms with Crippen molar-refractivity contribution in [2.24, 2.45) is 0 Å². The average Bonchev–Trinajstić information content (AvgIpc) is 2.45. The zero-order chi connectivity index (χ0) is 15.2. The molecule has 1 amide bonds. The van der Waals surface area contributed by atoms with Crippen LogP contribution in [0.25, 0.3) is 0 Å². The Kier molecular flexibility index (Phi) is 4.93. The lowest BCUT2D eigenvalue weighted by atomic mass is 10.1. The van der Waals surface area contributed by atoms with E-state index >= 15 is 0 Å². The van der Waals surface area contributed by atoms with Gasteiger partial charge in [0, 0.05) is 0 Å². The summed E-state index contributed by atoms with van der Waals surface area (Å²) in [5, 5.41) is 2.53. The van der Waals surface area contributed by atoms with Crippen LogP contribution in [-0.2, 0) is 4.79 Å². The molecule has 0 aliphatic rings. The van der Waals surface area contributed by atoms with Gasteiger partial charge in [0.1, 0.15) is 11.6 Å². The Morgan fingerprint density at radius 2 is 1.95 bits per heavy atom. The second-order valence-electron chi connectivity index (χ2n) is 4.90. The number of ether oxygens (including phenoxy) is 1. The van der Waals surface area contributed by atoms with Crippen molar-refractivity contribution in [3.05, 3.63) is 59.4 Å². The van der Waals surface area contributed by atoms with E-state index in [4.69, 9.17) is 4.74 Å². The van der Waals surface area contributed by atoms with Gasteiger partial charge in [0.05, 0.1) is 18.7 Å². The Hall–Kier alpha value is -2.36. The molecule has 0 saturated carbocycles. The third kappa shape index (κ3) is 4.31. The molecule has 0 aromatic heterocycles. The SMILES string of the molecule is Cc1ccc(C)c(OCCC(=O)Nc2ccccc2F)c1. The first-order valence-electron chi connectivity index (χ1n) is 6.80. The molecular weight excluding hydrogens is 269 g/mol. The molecule has 1 N–H and O–H groups in total. The van der Waals surface area contributed by atoms with Crippen LogP contribution in [0.4, 0.5) is 10.1 Å². The van der Waals surface area contributed by atoms with Crippen molar-refractivity contribution in [1.82, 2.24) is 0 Å². The Labute approximate surface area is 123 Å². The molecule has 110 valence electrons. The van der Waals surface area contributed by atoms with Crippen LogP contribution in [-0.4, -0.2) is 12.5 Å². The van der Waals surface area contributed by atoms with E-state index in [2.05, 4.69) is 5.32 Å². The molecule has 0 atom stereocenters. The molecule has 2 aromatic carbocycles. The Morgan fingerprint density at radius 3 is 2.71 bits per heavy atom. The Bertz CT molecular complexity index is 640. The zero-order valence-corrected chi connectivity index (χ0v) is 12.2. The van der Waals surface area contributed by atoms with Crippen molar-refractivity contribution < 1.29 is 13.9 Å². The van der Waals surface area contributed by atoms with Crippen LogP contribution in [0.5, 0.6) is 5.75 Å². The van der Waals surface area contributed by atoms with Gasteiger partial charge in [0.25, 0.3) is 0 Å². The largest absolute Gasteiger partial charge is 0.493 e. The minimum atomic E-state index is -0.443. The number of hydrogen-bond acceptors (Lipinski definition) is 2. The summed E-state index contributed by atoms with van der Waals surface area (Å²) >= 11 is 0. The summed E-state index contributed by atoms with van der Waals surface area (Å²) in [5.74, 6) is 0.0559. The van der Waals surface area contributed by atoms with Gasteiger partial charge < -0.3 is 10.1 Å². The smallest absolute Gasteiger partial charge is 0.227 e. The number of amides is 1. The first-order chi connectivity index (χ1) is 10.1. The van der Waals surface area contributed by atoms with Gasteiger partial charge in [-0.2, -0.15) is 0 Å². The van der Waals surface area contributed by atoms with Gasteiger partial charge in [-0.05, 0) is 43.2 Å². The minimum Gasteiger partial charge on any atom is -0.493 e. The molecule has 2 rings (SSSR count). The lowest BCUT2D eigenvalue weighted by Gasteiger charge is -2.10. The van der Waals surface area contributed by atoms with E-state index in [1.807, 2.05) is 32.0 Å². The number of hydrogen-bond donors (Lipinski definition) is 1. The molecule has 0 spiro atoms. The monoisotopic (exact) mass is 287 g/mol. The minimum absolute atomic E-state index is 0.168. The summed E-state index contributed by atoms with van der Waals surface area (Å²) in [6.07, 6.45) is 0.168. The predicted octanol–water partition coefficient (Wildman–Crippen LogP) is 3.85. The van der Waals surface area contributed by atoms with Gasteiger partial charge in [-0.15, -0.1) is 0 Å². The van der Waals surface area contributed by atoms with Crippen molar-refractivity contribution in [2.45, 2.75) is 20.3 Å². The molecular formula is C17H18FNO2. The van der Waals surface area contributed by atoms with Crippen LogP contribution < -0.4 is 10.1 Å². The maximum Gasteiger partial charge on any atom is 0.227 e. The topological polar surface area (TPSA) is 38.3 Å². The first kappa shape index (κ1) is 15.0. The number of rotatable bonds is 5. The number of benzene rings is 2. The van der Waals surface area contributed by atoms with Crippen molar-refractivity contribution in [1.29, 1.82) is 0 Å². The summed E-state index contributed by atoms with van der Waals surface area (Å²) < 4.78 is 19.0. The summed E-state index contributed by atoms with van der Waals surface area (Å²) in [5.41, 5.74) is 2.32. The molecule has 4 heteroatoms. The normalized spacial score (nSPS) is 10.2. The Morgan fingerprint density at radius 1 is 1.19 bits per heavy atom. The number of halogens is 1. The summed E-state index contributed by atoms with van der Waals surface area (Å²) in [7, 11) is 0. The fourth-order valence-corrected chi connectivity index (χ4v) is 1.89. The van der Waals surface area contributed by atoms with E-state index in [9.17, 15) is 9.18 Å².